The molecule has 0 saturated heterocycles. The molecule has 0 radical (unpaired) electrons. The van der Waals surface area contributed by atoms with E-state index in [4.69, 9.17) is 14.7 Å². The molecule has 0 aliphatic heterocycles. The highest BCUT2D eigenvalue weighted by Crippen LogP contribution is 2.16. The number of nitrogens with one attached hydrogen (secondary N) is 1. The molecule has 0 saturated carbocycles. The third-order valence-corrected chi connectivity index (χ3v) is 3.38. The fraction of sp³-hybridized carbons (Fsp3) is 0.150. The highest BCUT2D eigenvalue weighted by atomic mass is 19.1. The van der Waals surface area contributed by atoms with Crippen LogP contribution < -0.4 is 10.1 Å². The van der Waals surface area contributed by atoms with Gasteiger partial charge in [0, 0.05) is 6.07 Å². The number of hydrogen-bond donors (Lipinski definition) is 1. The molecule has 1 amide bonds. The Kier molecular flexibility index (Phi) is 7.22. The molecule has 0 atom stereocenters. The summed E-state index contributed by atoms with van der Waals surface area (Å²) in [5.74, 6) is -2.84. The Morgan fingerprint density at radius 1 is 1.18 bits per heavy atom. The van der Waals surface area contributed by atoms with Crippen molar-refractivity contribution in [2.75, 3.05) is 18.5 Å². The molecule has 0 aromatic heterocycles. The lowest BCUT2D eigenvalue weighted by Crippen LogP contribution is -2.22. The number of rotatable bonds is 7. The van der Waals surface area contributed by atoms with Crippen molar-refractivity contribution in [1.29, 1.82) is 5.26 Å². The molecule has 28 heavy (non-hydrogen) atoms. The summed E-state index contributed by atoms with van der Waals surface area (Å²) in [4.78, 5) is 23.7. The normalized spacial score (nSPS) is 10.7. The van der Waals surface area contributed by atoms with Crippen LogP contribution in [0.15, 0.2) is 48.0 Å². The van der Waals surface area contributed by atoms with Crippen molar-refractivity contribution in [3.8, 4) is 11.8 Å². The van der Waals surface area contributed by atoms with Gasteiger partial charge in [-0.25, -0.2) is 13.6 Å². The van der Waals surface area contributed by atoms with Gasteiger partial charge in [-0.2, -0.15) is 5.26 Å². The Hall–Kier alpha value is -3.73. The lowest BCUT2D eigenvalue weighted by atomic mass is 10.1. The number of nitrogens with zero attached hydrogens (tertiary/aromatic N) is 1. The molecule has 0 aliphatic rings. The summed E-state index contributed by atoms with van der Waals surface area (Å²) in [6, 6.07) is 10.9. The molecular formula is C20H16F2N2O4. The standard InChI is InChI=1S/C20H16F2N2O4/c1-2-27-16-6-3-13(4-7-16)9-14(11-23)20(26)28-12-19(25)24-18-10-15(21)5-8-17(18)22/h3-10H,2,12H2,1H3,(H,24,25)/b14-9+. The zero-order valence-electron chi connectivity index (χ0n) is 14.9. The van der Waals surface area contributed by atoms with Crippen LogP contribution in [0, 0.1) is 23.0 Å². The van der Waals surface area contributed by atoms with E-state index in [2.05, 4.69) is 5.32 Å². The van der Waals surface area contributed by atoms with E-state index in [9.17, 15) is 18.4 Å². The van der Waals surface area contributed by atoms with Gasteiger partial charge in [-0.15, -0.1) is 0 Å². The molecular weight excluding hydrogens is 370 g/mol. The van der Waals surface area contributed by atoms with Crippen molar-refractivity contribution in [1.82, 2.24) is 0 Å². The van der Waals surface area contributed by atoms with Gasteiger partial charge in [0.25, 0.3) is 5.91 Å². The predicted molar refractivity (Wildman–Crippen MR) is 97.1 cm³/mol. The number of carbonyl (C=O) groups is 2. The largest absolute Gasteiger partial charge is 0.494 e. The number of carbonyl (C=O) groups excluding carboxylic acids is 2. The van der Waals surface area contributed by atoms with Crippen LogP contribution in [0.5, 0.6) is 5.75 Å². The molecule has 0 unspecified atom stereocenters. The highest BCUT2D eigenvalue weighted by molar-refractivity contribution is 6.00. The van der Waals surface area contributed by atoms with E-state index in [1.54, 1.807) is 30.3 Å². The third kappa shape index (κ3) is 5.92. The zero-order valence-corrected chi connectivity index (χ0v) is 14.9. The van der Waals surface area contributed by atoms with Gasteiger partial charge in [0.05, 0.1) is 12.3 Å². The topological polar surface area (TPSA) is 88.4 Å². The second-order valence-electron chi connectivity index (χ2n) is 5.42. The molecule has 0 fully saturated rings. The molecule has 6 nitrogen and oxygen atoms in total. The van der Waals surface area contributed by atoms with E-state index in [0.29, 0.717) is 17.9 Å². The summed E-state index contributed by atoms with van der Waals surface area (Å²) in [7, 11) is 0. The van der Waals surface area contributed by atoms with Crippen LogP contribution in [0.25, 0.3) is 6.08 Å². The van der Waals surface area contributed by atoms with Crippen molar-refractivity contribution in [2.24, 2.45) is 0 Å². The maximum absolute atomic E-state index is 13.5. The zero-order chi connectivity index (χ0) is 20.5. The molecule has 2 aromatic rings. The number of halogens is 2. The number of amides is 1. The van der Waals surface area contributed by atoms with E-state index in [-0.39, 0.29) is 11.3 Å². The Balaban J connectivity index is 1.97. The Bertz CT molecular complexity index is 934. The third-order valence-electron chi connectivity index (χ3n) is 3.38. The van der Waals surface area contributed by atoms with Gasteiger partial charge < -0.3 is 14.8 Å². The van der Waals surface area contributed by atoms with Gasteiger partial charge in [-0.3, -0.25) is 4.79 Å². The van der Waals surface area contributed by atoms with E-state index < -0.39 is 30.1 Å². The van der Waals surface area contributed by atoms with Gasteiger partial charge in [-0.1, -0.05) is 12.1 Å². The molecule has 2 rings (SSSR count). The second kappa shape index (κ2) is 9.83. The van der Waals surface area contributed by atoms with E-state index in [1.807, 2.05) is 6.92 Å². The molecule has 8 heteroatoms. The first-order valence-corrected chi connectivity index (χ1v) is 8.19. The lowest BCUT2D eigenvalue weighted by Gasteiger charge is -2.07. The summed E-state index contributed by atoms with van der Waals surface area (Å²) >= 11 is 0. The number of anilines is 1. The fourth-order valence-electron chi connectivity index (χ4n) is 2.12. The number of nitriles is 1. The summed E-state index contributed by atoms with van der Waals surface area (Å²) in [5, 5.41) is 11.2. The van der Waals surface area contributed by atoms with Crippen LogP contribution in [-0.2, 0) is 14.3 Å². The predicted octanol–water partition coefficient (Wildman–Crippen LogP) is 3.45. The maximum atomic E-state index is 13.5. The van der Waals surface area contributed by atoms with Crippen molar-refractivity contribution >= 4 is 23.6 Å². The molecule has 0 spiro atoms. The highest BCUT2D eigenvalue weighted by Gasteiger charge is 2.14. The van der Waals surface area contributed by atoms with Crippen molar-refractivity contribution in [3.63, 3.8) is 0 Å². The van der Waals surface area contributed by atoms with Crippen LogP contribution in [0.4, 0.5) is 14.5 Å². The van der Waals surface area contributed by atoms with Crippen LogP contribution in [0.3, 0.4) is 0 Å². The lowest BCUT2D eigenvalue weighted by molar-refractivity contribution is -0.142. The van der Waals surface area contributed by atoms with Crippen LogP contribution in [0.2, 0.25) is 0 Å². The minimum atomic E-state index is -1.02. The second-order valence-corrected chi connectivity index (χ2v) is 5.42. The number of ether oxygens (including phenoxy) is 2. The average molecular weight is 386 g/mol. The van der Waals surface area contributed by atoms with Gasteiger partial charge in [0.2, 0.25) is 0 Å². The van der Waals surface area contributed by atoms with Crippen LogP contribution >= 0.6 is 0 Å². The Morgan fingerprint density at radius 3 is 2.54 bits per heavy atom. The molecule has 0 bridgehead atoms. The molecule has 2 aromatic carbocycles. The summed E-state index contributed by atoms with van der Waals surface area (Å²) < 4.78 is 36.6. The fourth-order valence-corrected chi connectivity index (χ4v) is 2.12. The minimum Gasteiger partial charge on any atom is -0.494 e. The summed E-state index contributed by atoms with van der Waals surface area (Å²) in [6.07, 6.45) is 1.29. The summed E-state index contributed by atoms with van der Waals surface area (Å²) in [5.41, 5.74) is -0.149. The van der Waals surface area contributed by atoms with E-state index in [1.165, 1.54) is 6.08 Å². The first kappa shape index (κ1) is 20.6. The molecule has 144 valence electrons. The number of benzene rings is 2. The number of esters is 1. The quantitative estimate of drug-likeness (QED) is 0.447. The van der Waals surface area contributed by atoms with Gasteiger partial charge in [0.1, 0.15) is 29.0 Å². The van der Waals surface area contributed by atoms with Gasteiger partial charge in [0.15, 0.2) is 6.61 Å². The molecule has 1 N–H and O–H groups in total. The maximum Gasteiger partial charge on any atom is 0.349 e. The van der Waals surface area contributed by atoms with Crippen LogP contribution in [0.1, 0.15) is 12.5 Å². The SMILES string of the molecule is CCOc1ccc(/C=C(\C#N)C(=O)OCC(=O)Nc2cc(F)ccc2F)cc1. The Labute approximate surface area is 160 Å². The first-order chi connectivity index (χ1) is 13.4. The minimum absolute atomic E-state index is 0.325. The summed E-state index contributed by atoms with van der Waals surface area (Å²) in [6.45, 7) is 1.58. The Morgan fingerprint density at radius 2 is 1.89 bits per heavy atom. The van der Waals surface area contributed by atoms with Gasteiger partial charge >= 0.3 is 5.97 Å². The first-order valence-electron chi connectivity index (χ1n) is 8.19. The van der Waals surface area contributed by atoms with E-state index >= 15 is 0 Å². The van der Waals surface area contributed by atoms with Crippen LogP contribution in [-0.4, -0.2) is 25.1 Å². The monoisotopic (exact) mass is 386 g/mol. The van der Waals surface area contributed by atoms with Crippen molar-refractivity contribution in [2.45, 2.75) is 6.92 Å². The number of hydrogen-bond acceptors (Lipinski definition) is 5. The van der Waals surface area contributed by atoms with Gasteiger partial charge in [-0.05, 0) is 42.8 Å². The molecule has 0 aliphatic carbocycles. The molecule has 0 heterocycles. The smallest absolute Gasteiger partial charge is 0.349 e. The van der Waals surface area contributed by atoms with Crippen molar-refractivity contribution < 1.29 is 27.8 Å². The average Bonchev–Trinajstić information content (AvgIpc) is 2.68. The van der Waals surface area contributed by atoms with Crippen molar-refractivity contribution in [3.05, 3.63) is 65.2 Å². The van der Waals surface area contributed by atoms with E-state index in [0.717, 1.165) is 18.2 Å².